The molecule has 94 valence electrons. The van der Waals surface area contributed by atoms with Gasteiger partial charge in [-0.05, 0) is 43.9 Å². The summed E-state index contributed by atoms with van der Waals surface area (Å²) in [6.45, 7) is 5.92. The molecule has 0 aromatic heterocycles. The highest BCUT2D eigenvalue weighted by Gasteiger charge is 2.18. The molecule has 0 amide bonds. The van der Waals surface area contributed by atoms with Gasteiger partial charge in [-0.2, -0.15) is 0 Å². The third-order valence-electron chi connectivity index (χ3n) is 3.03. The molecule has 3 nitrogen and oxygen atoms in total. The average molecular weight is 236 g/mol. The first-order valence-corrected chi connectivity index (χ1v) is 5.81. The number of methoxy groups -OCH3 is 1. The molecule has 0 atom stereocenters. The minimum absolute atomic E-state index is 0.0384. The number of ether oxygens (including phenoxy) is 1. The Balaban J connectivity index is 3.22. The van der Waals surface area contributed by atoms with E-state index in [1.165, 1.54) is 0 Å². The normalized spacial score (nSPS) is 10.4. The number of rotatable bonds is 5. The molecule has 0 aliphatic heterocycles. The van der Waals surface area contributed by atoms with Crippen LogP contribution in [0.2, 0.25) is 0 Å². The topological polar surface area (TPSA) is 46.5 Å². The maximum atomic E-state index is 12.1. The Morgan fingerprint density at radius 1 is 1.29 bits per heavy atom. The summed E-state index contributed by atoms with van der Waals surface area (Å²) in [5.74, 6) is 0.710. The van der Waals surface area contributed by atoms with Crippen LogP contribution in [0.5, 0.6) is 5.75 Å². The van der Waals surface area contributed by atoms with Crippen LogP contribution in [-0.2, 0) is 0 Å². The van der Waals surface area contributed by atoms with Gasteiger partial charge in [0.25, 0.3) is 0 Å². The highest BCUT2D eigenvalue weighted by atomic mass is 16.5. The summed E-state index contributed by atoms with van der Waals surface area (Å²) in [6, 6.07) is 2.00. The van der Waals surface area contributed by atoms with E-state index in [0.717, 1.165) is 16.7 Å². The lowest BCUT2D eigenvalue weighted by atomic mass is 9.94. The fourth-order valence-electron chi connectivity index (χ4n) is 2.02. The van der Waals surface area contributed by atoms with E-state index in [1.807, 2.05) is 26.8 Å². The van der Waals surface area contributed by atoms with Gasteiger partial charge in [-0.3, -0.25) is 4.79 Å². The van der Waals surface area contributed by atoms with Gasteiger partial charge >= 0.3 is 0 Å². The van der Waals surface area contributed by atoms with Gasteiger partial charge in [0.05, 0.1) is 12.7 Å². The van der Waals surface area contributed by atoms with Crippen LogP contribution < -0.4 is 4.74 Å². The molecule has 17 heavy (non-hydrogen) atoms. The second kappa shape index (κ2) is 5.82. The van der Waals surface area contributed by atoms with Crippen molar-refractivity contribution in [3.05, 3.63) is 28.3 Å². The number of ketones is 1. The lowest BCUT2D eigenvalue weighted by molar-refractivity contribution is 0.0967. The van der Waals surface area contributed by atoms with Gasteiger partial charge in [-0.25, -0.2) is 0 Å². The molecule has 1 aromatic rings. The summed E-state index contributed by atoms with van der Waals surface area (Å²) in [5, 5.41) is 8.77. The Labute approximate surface area is 102 Å². The van der Waals surface area contributed by atoms with E-state index < -0.39 is 0 Å². The second-order valence-electron chi connectivity index (χ2n) is 4.29. The summed E-state index contributed by atoms with van der Waals surface area (Å²) in [5.41, 5.74) is 3.72. The molecule has 1 aromatic carbocycles. The van der Waals surface area contributed by atoms with Crippen molar-refractivity contribution >= 4 is 5.78 Å². The Morgan fingerprint density at radius 3 is 2.47 bits per heavy atom. The van der Waals surface area contributed by atoms with Crippen LogP contribution in [0, 0.1) is 20.8 Å². The minimum Gasteiger partial charge on any atom is -0.496 e. The van der Waals surface area contributed by atoms with E-state index >= 15 is 0 Å². The monoisotopic (exact) mass is 236 g/mol. The van der Waals surface area contributed by atoms with Gasteiger partial charge < -0.3 is 9.84 Å². The summed E-state index contributed by atoms with van der Waals surface area (Å²) in [4.78, 5) is 12.1. The summed E-state index contributed by atoms with van der Waals surface area (Å²) >= 11 is 0. The van der Waals surface area contributed by atoms with Gasteiger partial charge in [-0.1, -0.05) is 6.07 Å². The van der Waals surface area contributed by atoms with Crippen LogP contribution in [0.3, 0.4) is 0 Å². The molecule has 3 heteroatoms. The van der Waals surface area contributed by atoms with E-state index in [1.54, 1.807) is 7.11 Å². The molecule has 0 saturated heterocycles. The molecule has 0 spiro atoms. The largest absolute Gasteiger partial charge is 0.496 e. The van der Waals surface area contributed by atoms with Crippen LogP contribution >= 0.6 is 0 Å². The third kappa shape index (κ3) is 2.86. The third-order valence-corrected chi connectivity index (χ3v) is 3.03. The van der Waals surface area contributed by atoms with Crippen molar-refractivity contribution < 1.29 is 14.6 Å². The fraction of sp³-hybridized carbons (Fsp3) is 0.500. The zero-order valence-electron chi connectivity index (χ0n) is 11.0. The highest BCUT2D eigenvalue weighted by Crippen LogP contribution is 2.30. The molecule has 0 fully saturated rings. The van der Waals surface area contributed by atoms with Gasteiger partial charge in [0, 0.05) is 13.0 Å². The first-order chi connectivity index (χ1) is 8.02. The number of hydrogen-bond acceptors (Lipinski definition) is 3. The van der Waals surface area contributed by atoms with Gasteiger partial charge in [0.1, 0.15) is 5.75 Å². The number of benzene rings is 1. The van der Waals surface area contributed by atoms with E-state index in [-0.39, 0.29) is 12.4 Å². The maximum Gasteiger partial charge on any atom is 0.166 e. The summed E-state index contributed by atoms with van der Waals surface area (Å²) < 4.78 is 5.36. The van der Waals surface area contributed by atoms with E-state index in [0.29, 0.717) is 24.2 Å². The Kier molecular flexibility index (Phi) is 4.70. The number of hydrogen-bond donors (Lipinski definition) is 1. The number of Topliss-reactive ketones (excluding diaryl/α,β-unsaturated/α-hetero) is 1. The smallest absolute Gasteiger partial charge is 0.166 e. The molecule has 1 rings (SSSR count). The molecule has 0 aliphatic carbocycles. The SMILES string of the molecule is COc1c(C)c(C)cc(C)c1C(=O)CCCO. The van der Waals surface area contributed by atoms with E-state index in [4.69, 9.17) is 9.84 Å². The molecule has 0 heterocycles. The average Bonchev–Trinajstić information content (AvgIpc) is 2.30. The number of carbonyl (C=O) groups excluding carboxylic acids is 1. The van der Waals surface area contributed by atoms with Crippen LogP contribution in [-0.4, -0.2) is 24.6 Å². The fourth-order valence-corrected chi connectivity index (χ4v) is 2.02. The molecule has 0 unspecified atom stereocenters. The molecular weight excluding hydrogens is 216 g/mol. The predicted octanol–water partition coefficient (Wildman–Crippen LogP) is 2.58. The van der Waals surface area contributed by atoms with Crippen molar-refractivity contribution in [2.45, 2.75) is 33.6 Å². The van der Waals surface area contributed by atoms with Gasteiger partial charge in [-0.15, -0.1) is 0 Å². The van der Waals surface area contributed by atoms with Crippen LogP contribution in [0.4, 0.5) is 0 Å². The number of aliphatic hydroxyl groups excluding tert-OH is 1. The van der Waals surface area contributed by atoms with E-state index in [2.05, 4.69) is 0 Å². The molecule has 0 saturated carbocycles. The van der Waals surface area contributed by atoms with Crippen molar-refractivity contribution in [3.8, 4) is 5.75 Å². The predicted molar refractivity (Wildman–Crippen MR) is 67.9 cm³/mol. The van der Waals surface area contributed by atoms with Crippen LogP contribution in [0.15, 0.2) is 6.07 Å². The highest BCUT2D eigenvalue weighted by molar-refractivity contribution is 6.00. The van der Waals surface area contributed by atoms with Crippen molar-refractivity contribution in [2.24, 2.45) is 0 Å². The lowest BCUT2D eigenvalue weighted by Gasteiger charge is -2.15. The molecular formula is C14H20O3. The Morgan fingerprint density at radius 2 is 1.94 bits per heavy atom. The zero-order valence-corrected chi connectivity index (χ0v) is 11.0. The van der Waals surface area contributed by atoms with Crippen molar-refractivity contribution in [3.63, 3.8) is 0 Å². The quantitative estimate of drug-likeness (QED) is 0.799. The number of aryl methyl sites for hydroxylation is 2. The minimum atomic E-state index is 0.0384. The summed E-state index contributed by atoms with van der Waals surface area (Å²) in [6.07, 6.45) is 0.852. The van der Waals surface area contributed by atoms with Crippen LogP contribution in [0.1, 0.15) is 39.9 Å². The molecule has 0 radical (unpaired) electrons. The van der Waals surface area contributed by atoms with Crippen molar-refractivity contribution in [1.29, 1.82) is 0 Å². The van der Waals surface area contributed by atoms with Crippen molar-refractivity contribution in [2.75, 3.05) is 13.7 Å². The zero-order chi connectivity index (χ0) is 13.0. The standard InChI is InChI=1S/C14H20O3/c1-9-8-10(2)13(12(16)6-5-7-15)14(17-4)11(9)3/h8,15H,5-7H2,1-4H3. The van der Waals surface area contributed by atoms with Gasteiger partial charge in [0.15, 0.2) is 5.78 Å². The molecule has 0 aliphatic rings. The summed E-state index contributed by atoms with van der Waals surface area (Å²) in [7, 11) is 1.59. The number of aliphatic hydroxyl groups is 1. The number of carbonyl (C=O) groups is 1. The van der Waals surface area contributed by atoms with E-state index in [9.17, 15) is 4.79 Å². The Bertz CT molecular complexity index is 422. The first-order valence-electron chi connectivity index (χ1n) is 5.81. The maximum absolute atomic E-state index is 12.1. The lowest BCUT2D eigenvalue weighted by Crippen LogP contribution is -2.08. The first kappa shape index (κ1) is 13.7. The molecule has 1 N–H and O–H groups in total. The Hall–Kier alpha value is -1.35. The van der Waals surface area contributed by atoms with Crippen LogP contribution in [0.25, 0.3) is 0 Å². The van der Waals surface area contributed by atoms with Crippen molar-refractivity contribution in [1.82, 2.24) is 0 Å². The van der Waals surface area contributed by atoms with Gasteiger partial charge in [0.2, 0.25) is 0 Å². The second-order valence-corrected chi connectivity index (χ2v) is 4.29. The molecule has 0 bridgehead atoms.